The van der Waals surface area contributed by atoms with Gasteiger partial charge in [0.2, 0.25) is 0 Å². The second-order valence-electron chi connectivity index (χ2n) is 4.09. The molecular formula is C12H19N3O2. The molecule has 0 radical (unpaired) electrons. The van der Waals surface area contributed by atoms with E-state index in [2.05, 4.69) is 23.5 Å². The Bertz CT molecular complexity index is 359. The van der Waals surface area contributed by atoms with Gasteiger partial charge in [-0.05, 0) is 31.3 Å². The summed E-state index contributed by atoms with van der Waals surface area (Å²) in [5.74, 6) is -1.87. The van der Waals surface area contributed by atoms with Crippen molar-refractivity contribution in [3.05, 3.63) is 11.6 Å². The van der Waals surface area contributed by atoms with E-state index in [0.717, 1.165) is 31.4 Å². The van der Waals surface area contributed by atoms with Gasteiger partial charge in [-0.3, -0.25) is 9.59 Å². The SMILES string of the molecule is CCCCCC1=CCCC1=NNC(=O)C(N)=O. The van der Waals surface area contributed by atoms with Crippen LogP contribution in [-0.4, -0.2) is 17.5 Å². The molecule has 0 aromatic rings. The van der Waals surface area contributed by atoms with E-state index < -0.39 is 11.8 Å². The minimum Gasteiger partial charge on any atom is -0.361 e. The fraction of sp³-hybridized carbons (Fsp3) is 0.583. The number of primary amides is 1. The largest absolute Gasteiger partial charge is 0.361 e. The van der Waals surface area contributed by atoms with Crippen molar-refractivity contribution in [2.24, 2.45) is 10.8 Å². The Labute approximate surface area is 101 Å². The number of rotatable bonds is 5. The van der Waals surface area contributed by atoms with Crippen molar-refractivity contribution >= 4 is 17.5 Å². The van der Waals surface area contributed by atoms with Crippen LogP contribution in [0.15, 0.2) is 16.8 Å². The zero-order valence-corrected chi connectivity index (χ0v) is 10.2. The first-order valence-electron chi connectivity index (χ1n) is 6.01. The van der Waals surface area contributed by atoms with Gasteiger partial charge in [0, 0.05) is 0 Å². The molecule has 0 atom stereocenters. The lowest BCUT2D eigenvalue weighted by Gasteiger charge is -2.04. The van der Waals surface area contributed by atoms with Gasteiger partial charge in [0.05, 0.1) is 5.71 Å². The third kappa shape index (κ3) is 4.38. The van der Waals surface area contributed by atoms with E-state index in [1.807, 2.05) is 0 Å². The molecule has 0 aromatic heterocycles. The average molecular weight is 237 g/mol. The fourth-order valence-electron chi connectivity index (χ4n) is 1.77. The molecule has 3 N–H and O–H groups in total. The lowest BCUT2D eigenvalue weighted by Crippen LogP contribution is -2.33. The molecule has 1 rings (SSSR count). The van der Waals surface area contributed by atoms with E-state index >= 15 is 0 Å². The first kappa shape index (κ1) is 13.4. The number of unbranched alkanes of at least 4 members (excludes halogenated alkanes) is 2. The Balaban J connectivity index is 2.47. The normalized spacial score (nSPS) is 17.0. The smallest absolute Gasteiger partial charge is 0.329 e. The van der Waals surface area contributed by atoms with Crippen LogP contribution < -0.4 is 11.2 Å². The Hall–Kier alpha value is -1.65. The van der Waals surface area contributed by atoms with Crippen molar-refractivity contribution in [3.8, 4) is 0 Å². The van der Waals surface area contributed by atoms with Gasteiger partial charge in [0.15, 0.2) is 0 Å². The number of carbonyl (C=O) groups excluding carboxylic acids is 2. The van der Waals surface area contributed by atoms with Gasteiger partial charge in [-0.1, -0.05) is 25.8 Å². The maximum atomic E-state index is 11.0. The number of amides is 2. The van der Waals surface area contributed by atoms with Crippen LogP contribution in [0.3, 0.4) is 0 Å². The summed E-state index contributed by atoms with van der Waals surface area (Å²) in [7, 11) is 0. The summed E-state index contributed by atoms with van der Waals surface area (Å²) in [5, 5.41) is 3.95. The summed E-state index contributed by atoms with van der Waals surface area (Å²) >= 11 is 0. The van der Waals surface area contributed by atoms with Crippen LogP contribution in [-0.2, 0) is 9.59 Å². The molecule has 5 nitrogen and oxygen atoms in total. The van der Waals surface area contributed by atoms with Crippen LogP contribution in [0.5, 0.6) is 0 Å². The van der Waals surface area contributed by atoms with Gasteiger partial charge < -0.3 is 5.73 Å². The molecule has 0 spiro atoms. The molecule has 5 heteroatoms. The summed E-state index contributed by atoms with van der Waals surface area (Å²) in [6.45, 7) is 2.16. The molecular weight excluding hydrogens is 218 g/mol. The van der Waals surface area contributed by atoms with E-state index in [4.69, 9.17) is 5.73 Å². The van der Waals surface area contributed by atoms with Crippen LogP contribution in [0.4, 0.5) is 0 Å². The highest BCUT2D eigenvalue weighted by Gasteiger charge is 2.14. The van der Waals surface area contributed by atoms with Crippen LogP contribution in [0.25, 0.3) is 0 Å². The summed E-state index contributed by atoms with van der Waals surface area (Å²) < 4.78 is 0. The standard InChI is InChI=1S/C12H19N3O2/c1-2-3-4-6-9-7-5-8-10(9)14-15-12(17)11(13)16/h7H,2-6,8H2,1H3,(H2,13,16)(H,15,17). The predicted molar refractivity (Wildman–Crippen MR) is 66.2 cm³/mol. The Morgan fingerprint density at radius 2 is 2.24 bits per heavy atom. The molecule has 0 saturated carbocycles. The Kier molecular flexibility index (Phi) is 5.39. The van der Waals surface area contributed by atoms with Crippen molar-refractivity contribution < 1.29 is 9.59 Å². The number of nitrogens with zero attached hydrogens (tertiary/aromatic N) is 1. The number of nitrogens with two attached hydrogens (primary N) is 1. The average Bonchev–Trinajstić information content (AvgIpc) is 2.74. The highest BCUT2D eigenvalue weighted by molar-refractivity contribution is 6.34. The summed E-state index contributed by atoms with van der Waals surface area (Å²) in [6.07, 6.45) is 8.40. The first-order chi connectivity index (χ1) is 8.15. The second kappa shape index (κ2) is 6.83. The van der Waals surface area contributed by atoms with Gasteiger partial charge in [-0.25, -0.2) is 5.43 Å². The zero-order chi connectivity index (χ0) is 12.7. The molecule has 0 saturated heterocycles. The molecule has 0 aromatic carbocycles. The molecule has 2 amide bonds. The number of carbonyl (C=O) groups is 2. The van der Waals surface area contributed by atoms with Crippen molar-refractivity contribution in [1.29, 1.82) is 0 Å². The van der Waals surface area contributed by atoms with Gasteiger partial charge in [-0.2, -0.15) is 5.10 Å². The molecule has 0 fully saturated rings. The number of nitrogens with one attached hydrogen (secondary N) is 1. The molecule has 0 unspecified atom stereocenters. The Morgan fingerprint density at radius 3 is 2.88 bits per heavy atom. The summed E-state index contributed by atoms with van der Waals surface area (Å²) in [6, 6.07) is 0. The zero-order valence-electron chi connectivity index (χ0n) is 10.2. The van der Waals surface area contributed by atoms with Gasteiger partial charge in [0.1, 0.15) is 0 Å². The van der Waals surface area contributed by atoms with Crippen LogP contribution in [0.2, 0.25) is 0 Å². The topological polar surface area (TPSA) is 84.6 Å². The lowest BCUT2D eigenvalue weighted by atomic mass is 10.1. The predicted octanol–water partition coefficient (Wildman–Crippen LogP) is 1.24. The molecule has 0 heterocycles. The fourth-order valence-corrected chi connectivity index (χ4v) is 1.77. The van der Waals surface area contributed by atoms with E-state index in [0.29, 0.717) is 0 Å². The van der Waals surface area contributed by atoms with Crippen LogP contribution in [0.1, 0.15) is 45.4 Å². The third-order valence-corrected chi connectivity index (χ3v) is 2.71. The maximum absolute atomic E-state index is 11.0. The first-order valence-corrected chi connectivity index (χ1v) is 6.01. The van der Waals surface area contributed by atoms with E-state index in [1.54, 1.807) is 0 Å². The van der Waals surface area contributed by atoms with Gasteiger partial charge in [0.25, 0.3) is 0 Å². The minimum absolute atomic E-state index is 0.820. The lowest BCUT2D eigenvalue weighted by molar-refractivity contribution is -0.137. The molecule has 0 bridgehead atoms. The van der Waals surface area contributed by atoms with Gasteiger partial charge in [-0.15, -0.1) is 0 Å². The van der Waals surface area contributed by atoms with Crippen LogP contribution in [0, 0.1) is 0 Å². The van der Waals surface area contributed by atoms with E-state index in [-0.39, 0.29) is 0 Å². The maximum Gasteiger partial charge on any atom is 0.329 e. The quantitative estimate of drug-likeness (QED) is 0.428. The monoisotopic (exact) mass is 237 g/mol. The molecule has 94 valence electrons. The minimum atomic E-state index is -1.01. The molecule has 0 aliphatic heterocycles. The molecule has 1 aliphatic rings. The van der Waals surface area contributed by atoms with Crippen LogP contribution >= 0.6 is 0 Å². The van der Waals surface area contributed by atoms with Crippen molar-refractivity contribution in [2.45, 2.75) is 45.4 Å². The number of hydrazone groups is 1. The van der Waals surface area contributed by atoms with Gasteiger partial charge >= 0.3 is 11.8 Å². The molecule has 17 heavy (non-hydrogen) atoms. The third-order valence-electron chi connectivity index (χ3n) is 2.71. The number of hydrogen-bond acceptors (Lipinski definition) is 3. The van der Waals surface area contributed by atoms with Crippen molar-refractivity contribution in [2.75, 3.05) is 0 Å². The highest BCUT2D eigenvalue weighted by atomic mass is 16.2. The second-order valence-corrected chi connectivity index (χ2v) is 4.09. The van der Waals surface area contributed by atoms with E-state index in [9.17, 15) is 9.59 Å². The number of allylic oxidation sites excluding steroid dienone is 2. The summed E-state index contributed by atoms with van der Waals surface area (Å²) in [4.78, 5) is 21.5. The summed E-state index contributed by atoms with van der Waals surface area (Å²) in [5.41, 5.74) is 9.05. The Morgan fingerprint density at radius 1 is 1.47 bits per heavy atom. The van der Waals surface area contributed by atoms with Crippen molar-refractivity contribution in [3.63, 3.8) is 0 Å². The van der Waals surface area contributed by atoms with Crippen molar-refractivity contribution in [1.82, 2.24) is 5.43 Å². The highest BCUT2D eigenvalue weighted by Crippen LogP contribution is 2.20. The van der Waals surface area contributed by atoms with E-state index in [1.165, 1.54) is 18.4 Å². The number of hydrogen-bond donors (Lipinski definition) is 2. The molecule has 1 aliphatic carbocycles.